The predicted molar refractivity (Wildman–Crippen MR) is 175 cm³/mol. The van der Waals surface area contributed by atoms with E-state index < -0.39 is 10.1 Å². The molecule has 1 aliphatic rings. The van der Waals surface area contributed by atoms with Gasteiger partial charge in [-0.25, -0.2) is 17.6 Å². The molecular formula is C31H37Cl4N3O3S. The van der Waals surface area contributed by atoms with E-state index in [4.69, 9.17) is 46.4 Å². The van der Waals surface area contributed by atoms with Crippen molar-refractivity contribution in [2.45, 2.75) is 78.3 Å². The highest BCUT2D eigenvalue weighted by atomic mass is 35.5. The molecule has 1 atom stereocenters. The molecule has 0 saturated carbocycles. The Kier molecular flexibility index (Phi) is 11.3. The van der Waals surface area contributed by atoms with E-state index in [1.807, 2.05) is 24.3 Å². The molecule has 0 spiro atoms. The SMILES string of the molecule is CCCCCN1C(=CC=Cc2n(CC)c3cc(Cl)c(Cl)cc3[n+]2CCCCS(=O)(=O)[O-])C(CC)c2cc(Cl)c(Cl)cc21. The third-order valence-electron chi connectivity index (χ3n) is 7.80. The van der Waals surface area contributed by atoms with Gasteiger partial charge in [0.25, 0.3) is 5.82 Å². The highest BCUT2D eigenvalue weighted by Crippen LogP contribution is 2.48. The molecule has 1 aliphatic heterocycles. The van der Waals surface area contributed by atoms with Crippen LogP contribution in [0.25, 0.3) is 17.1 Å². The maximum Gasteiger partial charge on any atom is 0.282 e. The first-order chi connectivity index (χ1) is 20.0. The Morgan fingerprint density at radius 3 is 2.29 bits per heavy atom. The van der Waals surface area contributed by atoms with E-state index >= 15 is 0 Å². The van der Waals surface area contributed by atoms with E-state index in [1.165, 1.54) is 11.3 Å². The number of imidazole rings is 1. The molecule has 11 heteroatoms. The molecule has 4 rings (SSSR count). The monoisotopic (exact) mass is 671 g/mol. The van der Waals surface area contributed by atoms with Crippen LogP contribution in [-0.2, 0) is 23.2 Å². The Hall–Kier alpha value is -1.74. The fourth-order valence-electron chi connectivity index (χ4n) is 5.84. The minimum absolute atomic E-state index is 0.192. The van der Waals surface area contributed by atoms with Gasteiger partial charge in [0.05, 0.1) is 43.3 Å². The molecule has 0 saturated heterocycles. The maximum absolute atomic E-state index is 11.2. The molecule has 1 aromatic heterocycles. The fraction of sp³-hybridized carbons (Fsp3) is 0.452. The first kappa shape index (κ1) is 33.2. The zero-order valence-electron chi connectivity index (χ0n) is 24.2. The van der Waals surface area contributed by atoms with E-state index in [2.05, 4.69) is 53.0 Å². The van der Waals surface area contributed by atoms with Gasteiger partial charge in [0.15, 0.2) is 11.0 Å². The van der Waals surface area contributed by atoms with Crippen molar-refractivity contribution < 1.29 is 17.5 Å². The number of anilines is 1. The van der Waals surface area contributed by atoms with Gasteiger partial charge in [-0.1, -0.05) is 79.2 Å². The quantitative estimate of drug-likeness (QED) is 0.103. The summed E-state index contributed by atoms with van der Waals surface area (Å²) in [5.74, 6) is 0.738. The summed E-state index contributed by atoms with van der Waals surface area (Å²) in [6.07, 6.45) is 11.4. The number of benzene rings is 2. The van der Waals surface area contributed by atoms with Gasteiger partial charge in [0, 0.05) is 47.8 Å². The van der Waals surface area contributed by atoms with Crippen molar-refractivity contribution in [2.24, 2.45) is 0 Å². The molecule has 228 valence electrons. The lowest BCUT2D eigenvalue weighted by atomic mass is 9.95. The fourth-order valence-corrected chi connectivity index (χ4v) is 7.04. The van der Waals surface area contributed by atoms with Crippen LogP contribution in [0.5, 0.6) is 0 Å². The summed E-state index contributed by atoms with van der Waals surface area (Å²) in [4.78, 5) is 2.37. The Morgan fingerprint density at radius 2 is 1.62 bits per heavy atom. The lowest BCUT2D eigenvalue weighted by molar-refractivity contribution is -0.674. The molecule has 0 N–H and O–H groups in total. The average molecular weight is 674 g/mol. The largest absolute Gasteiger partial charge is 0.748 e. The summed E-state index contributed by atoms with van der Waals surface area (Å²) in [7, 11) is -4.26. The molecular weight excluding hydrogens is 636 g/mol. The first-order valence-electron chi connectivity index (χ1n) is 14.5. The number of aryl methyl sites for hydroxylation is 2. The normalized spacial score (nSPS) is 16.4. The predicted octanol–water partition coefficient (Wildman–Crippen LogP) is 8.99. The van der Waals surface area contributed by atoms with Crippen molar-refractivity contribution in [3.05, 3.63) is 73.6 Å². The number of hydrogen-bond donors (Lipinski definition) is 0. The van der Waals surface area contributed by atoms with Crippen LogP contribution < -0.4 is 9.47 Å². The number of aromatic nitrogens is 2. The van der Waals surface area contributed by atoms with Gasteiger partial charge in [-0.2, -0.15) is 0 Å². The number of allylic oxidation sites excluding steroid dienone is 3. The summed E-state index contributed by atoms with van der Waals surface area (Å²) in [5, 5.41) is 2.03. The topological polar surface area (TPSA) is 69.2 Å². The van der Waals surface area contributed by atoms with Gasteiger partial charge in [-0.05, 0) is 56.4 Å². The Balaban J connectivity index is 1.77. The summed E-state index contributed by atoms with van der Waals surface area (Å²) < 4.78 is 37.8. The minimum atomic E-state index is -4.26. The maximum atomic E-state index is 11.2. The van der Waals surface area contributed by atoms with Crippen molar-refractivity contribution >= 4 is 79.3 Å². The molecule has 1 unspecified atom stereocenters. The molecule has 2 heterocycles. The first-order valence-corrected chi connectivity index (χ1v) is 17.6. The van der Waals surface area contributed by atoms with Crippen LogP contribution in [0.3, 0.4) is 0 Å². The number of fused-ring (bicyclic) bond motifs is 2. The highest BCUT2D eigenvalue weighted by molar-refractivity contribution is 7.85. The van der Waals surface area contributed by atoms with E-state index in [0.29, 0.717) is 39.6 Å². The van der Waals surface area contributed by atoms with Crippen molar-refractivity contribution in [2.75, 3.05) is 17.2 Å². The molecule has 42 heavy (non-hydrogen) atoms. The second-order valence-corrected chi connectivity index (χ2v) is 13.7. The Morgan fingerprint density at radius 1 is 0.929 bits per heavy atom. The second-order valence-electron chi connectivity index (χ2n) is 10.6. The van der Waals surface area contributed by atoms with Crippen LogP contribution in [0.2, 0.25) is 20.1 Å². The number of unbranched alkanes of at least 4 members (excludes halogenated alkanes) is 3. The van der Waals surface area contributed by atoms with Gasteiger partial charge in [0.2, 0.25) is 0 Å². The zero-order chi connectivity index (χ0) is 30.6. The lowest BCUT2D eigenvalue weighted by Crippen LogP contribution is -2.36. The summed E-state index contributed by atoms with van der Waals surface area (Å²) in [6, 6.07) is 7.69. The highest BCUT2D eigenvalue weighted by Gasteiger charge is 2.33. The molecule has 2 aromatic carbocycles. The summed E-state index contributed by atoms with van der Waals surface area (Å²) in [5.41, 5.74) is 5.34. The van der Waals surface area contributed by atoms with Crippen LogP contribution >= 0.6 is 46.4 Å². The molecule has 6 nitrogen and oxygen atoms in total. The van der Waals surface area contributed by atoms with Crippen molar-refractivity contribution in [3.63, 3.8) is 0 Å². The molecule has 0 bridgehead atoms. The molecule has 0 aliphatic carbocycles. The van der Waals surface area contributed by atoms with Crippen molar-refractivity contribution in [3.8, 4) is 0 Å². The van der Waals surface area contributed by atoms with Crippen LogP contribution in [0.15, 0.2) is 42.1 Å². The molecule has 0 radical (unpaired) electrons. The lowest BCUT2D eigenvalue weighted by Gasteiger charge is -2.23. The van der Waals surface area contributed by atoms with Crippen LogP contribution in [0.1, 0.15) is 76.6 Å². The van der Waals surface area contributed by atoms with Gasteiger partial charge >= 0.3 is 0 Å². The van der Waals surface area contributed by atoms with E-state index in [-0.39, 0.29) is 18.1 Å². The summed E-state index contributed by atoms with van der Waals surface area (Å²) in [6.45, 7) is 8.55. The average Bonchev–Trinajstić information content (AvgIpc) is 3.37. The van der Waals surface area contributed by atoms with E-state index in [0.717, 1.165) is 54.8 Å². The number of rotatable bonds is 13. The molecule has 0 amide bonds. The van der Waals surface area contributed by atoms with E-state index in [1.54, 1.807) is 0 Å². The number of nitrogens with zero attached hydrogens (tertiary/aromatic N) is 3. The second kappa shape index (κ2) is 14.4. The van der Waals surface area contributed by atoms with Crippen molar-refractivity contribution in [1.29, 1.82) is 0 Å². The van der Waals surface area contributed by atoms with Crippen molar-refractivity contribution in [1.82, 2.24) is 4.57 Å². The Bertz CT molecular complexity index is 1620. The number of hydrogen-bond acceptors (Lipinski definition) is 4. The smallest absolute Gasteiger partial charge is 0.282 e. The Labute approximate surface area is 269 Å². The van der Waals surface area contributed by atoms with Crippen LogP contribution in [0.4, 0.5) is 5.69 Å². The zero-order valence-corrected chi connectivity index (χ0v) is 28.0. The van der Waals surface area contributed by atoms with Crippen LogP contribution in [0, 0.1) is 0 Å². The van der Waals surface area contributed by atoms with Gasteiger partial charge in [0.1, 0.15) is 0 Å². The molecule has 0 fully saturated rings. The third kappa shape index (κ3) is 7.31. The minimum Gasteiger partial charge on any atom is -0.748 e. The molecule has 3 aromatic rings. The van der Waals surface area contributed by atoms with E-state index in [9.17, 15) is 13.0 Å². The van der Waals surface area contributed by atoms with Gasteiger partial charge in [-0.3, -0.25) is 0 Å². The van der Waals surface area contributed by atoms with Gasteiger partial charge in [-0.15, -0.1) is 0 Å². The summed E-state index contributed by atoms with van der Waals surface area (Å²) >= 11 is 25.7. The van der Waals surface area contributed by atoms with Gasteiger partial charge < -0.3 is 9.45 Å². The standard InChI is InChI=1S/C31H37Cl4N3O3S/c1-4-7-8-14-37-27(21(5-2)22-17-23(32)24(33)18-28(22)37)12-11-13-31-36(6-3)29-19-25(34)26(35)20-30(29)38(31)15-9-10-16-42(39,40)41/h11-13,17-21H,4-10,14-16H2,1-3H3. The number of halogens is 4. The van der Waals surface area contributed by atoms with Crippen LogP contribution in [-0.4, -0.2) is 29.8 Å². The third-order valence-corrected chi connectivity index (χ3v) is 10.0.